The van der Waals surface area contributed by atoms with E-state index in [4.69, 9.17) is 5.11 Å². The molecule has 0 saturated heterocycles. The van der Waals surface area contributed by atoms with Gasteiger partial charge in [0.05, 0.1) is 17.5 Å². The number of alkyl halides is 4. The number of halogens is 4. The van der Waals surface area contributed by atoms with Crippen molar-refractivity contribution in [2.24, 2.45) is 0 Å². The number of aliphatic hydroxyl groups excluding tert-OH is 1. The van der Waals surface area contributed by atoms with Gasteiger partial charge in [-0.3, -0.25) is 0 Å². The van der Waals surface area contributed by atoms with Gasteiger partial charge in [0.15, 0.2) is 0 Å². The Bertz CT molecular complexity index is 429. The molecule has 0 saturated carbocycles. The van der Waals surface area contributed by atoms with Crippen LogP contribution in [-0.2, 0) is 12.8 Å². The summed E-state index contributed by atoms with van der Waals surface area (Å²) in [5.41, 5.74) is -0.181. The summed E-state index contributed by atoms with van der Waals surface area (Å²) >= 11 is 3.08. The van der Waals surface area contributed by atoms with E-state index in [0.717, 1.165) is 12.1 Å². The van der Waals surface area contributed by atoms with Gasteiger partial charge in [-0.2, -0.15) is 13.2 Å². The van der Waals surface area contributed by atoms with Crippen molar-refractivity contribution in [3.63, 3.8) is 0 Å². The van der Waals surface area contributed by atoms with Crippen molar-refractivity contribution in [2.45, 2.75) is 12.8 Å². The predicted octanol–water partition coefficient (Wildman–Crippen LogP) is 2.94. The first-order chi connectivity index (χ1) is 7.49. The van der Waals surface area contributed by atoms with Gasteiger partial charge in [0.1, 0.15) is 0 Å². The van der Waals surface area contributed by atoms with Crippen LogP contribution in [-0.4, -0.2) is 10.4 Å². The smallest absolute Gasteiger partial charge is 0.392 e. The molecule has 0 heterocycles. The van der Waals surface area contributed by atoms with E-state index in [-0.39, 0.29) is 5.56 Å². The van der Waals surface area contributed by atoms with Gasteiger partial charge < -0.3 is 5.11 Å². The molecule has 0 unspecified atom stereocenters. The second-order valence-corrected chi connectivity index (χ2v) is 3.52. The van der Waals surface area contributed by atoms with E-state index in [0.29, 0.717) is 10.9 Å². The fraction of sp³-hybridized carbons (Fsp3) is 0.273. The third-order valence-electron chi connectivity index (χ3n) is 1.89. The Labute approximate surface area is 99.4 Å². The van der Waals surface area contributed by atoms with Gasteiger partial charge in [-0.15, -0.1) is 0 Å². The average Bonchev–Trinajstić information content (AvgIpc) is 2.24. The molecule has 1 aromatic carbocycles. The Kier molecular flexibility index (Phi) is 4.39. The Balaban J connectivity index is 3.17. The molecule has 0 fully saturated rings. The number of benzene rings is 1. The zero-order valence-electron chi connectivity index (χ0n) is 8.11. The number of hydrogen-bond donors (Lipinski definition) is 1. The maximum Gasteiger partial charge on any atom is 0.416 e. The van der Waals surface area contributed by atoms with Crippen molar-refractivity contribution in [3.05, 3.63) is 34.9 Å². The number of hydrogen-bond acceptors (Lipinski definition) is 1. The summed E-state index contributed by atoms with van der Waals surface area (Å²) in [4.78, 5) is 0. The van der Waals surface area contributed by atoms with E-state index >= 15 is 0 Å². The second-order valence-electron chi connectivity index (χ2n) is 2.96. The van der Waals surface area contributed by atoms with Gasteiger partial charge >= 0.3 is 6.18 Å². The lowest BCUT2D eigenvalue weighted by atomic mass is 10.0. The minimum atomic E-state index is -4.40. The molecule has 86 valence electrons. The second kappa shape index (κ2) is 5.37. The van der Waals surface area contributed by atoms with E-state index in [2.05, 4.69) is 27.8 Å². The van der Waals surface area contributed by atoms with Crippen LogP contribution in [0.4, 0.5) is 13.2 Å². The standard InChI is InChI=1S/C11H8BrF3O/c12-5-1-2-8-3-4-10(11(13,14)15)6-9(8)7-16/h3-4,6,16H,5,7H2. The van der Waals surface area contributed by atoms with Crippen LogP contribution in [0, 0.1) is 11.8 Å². The molecule has 0 aliphatic rings. The van der Waals surface area contributed by atoms with Crippen LogP contribution in [0.15, 0.2) is 18.2 Å². The molecule has 0 aliphatic carbocycles. The lowest BCUT2D eigenvalue weighted by molar-refractivity contribution is -0.137. The lowest BCUT2D eigenvalue weighted by Crippen LogP contribution is -2.06. The van der Waals surface area contributed by atoms with Crippen molar-refractivity contribution in [1.29, 1.82) is 0 Å². The Hall–Kier alpha value is -0.990. The Morgan fingerprint density at radius 1 is 1.31 bits per heavy atom. The summed E-state index contributed by atoms with van der Waals surface area (Å²) in [5, 5.41) is 9.39. The minimum Gasteiger partial charge on any atom is -0.392 e. The molecule has 1 nitrogen and oxygen atoms in total. The van der Waals surface area contributed by atoms with E-state index in [1.165, 1.54) is 6.07 Å². The number of aliphatic hydroxyl groups is 1. The van der Waals surface area contributed by atoms with Crippen LogP contribution in [0.5, 0.6) is 0 Å². The third kappa shape index (κ3) is 3.26. The van der Waals surface area contributed by atoms with Crippen molar-refractivity contribution < 1.29 is 18.3 Å². The highest BCUT2D eigenvalue weighted by atomic mass is 79.9. The Morgan fingerprint density at radius 2 is 2.00 bits per heavy atom. The molecule has 1 rings (SSSR count). The van der Waals surface area contributed by atoms with Crippen LogP contribution in [0.3, 0.4) is 0 Å². The molecule has 0 amide bonds. The van der Waals surface area contributed by atoms with Crippen molar-refractivity contribution >= 4 is 15.9 Å². The summed E-state index contributed by atoms with van der Waals surface area (Å²) in [6.45, 7) is -0.462. The van der Waals surface area contributed by atoms with Gasteiger partial charge in [-0.1, -0.05) is 27.8 Å². The molecule has 1 aromatic rings. The maximum absolute atomic E-state index is 12.4. The topological polar surface area (TPSA) is 20.2 Å². The molecule has 0 aromatic heterocycles. The normalized spacial score (nSPS) is 10.8. The lowest BCUT2D eigenvalue weighted by Gasteiger charge is -2.09. The van der Waals surface area contributed by atoms with Crippen LogP contribution in [0.25, 0.3) is 0 Å². The zero-order chi connectivity index (χ0) is 12.2. The van der Waals surface area contributed by atoms with Gasteiger partial charge in [0.25, 0.3) is 0 Å². The Morgan fingerprint density at radius 3 is 2.50 bits per heavy atom. The van der Waals surface area contributed by atoms with Crippen LogP contribution in [0.1, 0.15) is 16.7 Å². The fourth-order valence-corrected chi connectivity index (χ4v) is 1.29. The van der Waals surface area contributed by atoms with Crippen LogP contribution < -0.4 is 0 Å². The fourth-order valence-electron chi connectivity index (χ4n) is 1.15. The summed E-state index contributed by atoms with van der Waals surface area (Å²) in [6, 6.07) is 3.14. The SMILES string of the molecule is OCc1cc(C(F)(F)F)ccc1C#CCBr. The minimum absolute atomic E-state index is 0.184. The first-order valence-corrected chi connectivity index (χ1v) is 5.47. The molecule has 0 atom stereocenters. The molecule has 0 bridgehead atoms. The molecular formula is C11H8BrF3O. The van der Waals surface area contributed by atoms with E-state index in [1.54, 1.807) is 0 Å². The molecule has 0 spiro atoms. The highest BCUT2D eigenvalue weighted by Crippen LogP contribution is 2.30. The van der Waals surface area contributed by atoms with E-state index in [1.807, 2.05) is 0 Å². The average molecular weight is 293 g/mol. The maximum atomic E-state index is 12.4. The van der Waals surface area contributed by atoms with Gasteiger partial charge in [-0.25, -0.2) is 0 Å². The molecule has 1 N–H and O–H groups in total. The summed E-state index contributed by atoms with van der Waals surface area (Å²) in [6.07, 6.45) is -4.40. The quantitative estimate of drug-likeness (QED) is 0.623. The highest BCUT2D eigenvalue weighted by molar-refractivity contribution is 9.09. The highest BCUT2D eigenvalue weighted by Gasteiger charge is 2.30. The monoisotopic (exact) mass is 292 g/mol. The van der Waals surface area contributed by atoms with Gasteiger partial charge in [0.2, 0.25) is 0 Å². The third-order valence-corrected chi connectivity index (χ3v) is 2.17. The van der Waals surface area contributed by atoms with Gasteiger partial charge in [-0.05, 0) is 23.8 Å². The summed E-state index contributed by atoms with van der Waals surface area (Å²) < 4.78 is 37.1. The zero-order valence-corrected chi connectivity index (χ0v) is 9.69. The largest absolute Gasteiger partial charge is 0.416 e. The summed E-state index contributed by atoms with van der Waals surface area (Å²) in [7, 11) is 0. The molecule has 0 radical (unpaired) electrons. The summed E-state index contributed by atoms with van der Waals surface area (Å²) in [5.74, 6) is 5.34. The van der Waals surface area contributed by atoms with Crippen molar-refractivity contribution in [2.75, 3.05) is 5.33 Å². The molecule has 0 aliphatic heterocycles. The van der Waals surface area contributed by atoms with Crippen molar-refractivity contribution in [3.8, 4) is 11.8 Å². The first kappa shape index (κ1) is 13.1. The van der Waals surface area contributed by atoms with Crippen molar-refractivity contribution in [1.82, 2.24) is 0 Å². The van der Waals surface area contributed by atoms with Crippen LogP contribution >= 0.6 is 15.9 Å². The van der Waals surface area contributed by atoms with Gasteiger partial charge in [0, 0.05) is 5.56 Å². The first-order valence-electron chi connectivity index (χ1n) is 4.35. The van der Waals surface area contributed by atoms with E-state index in [9.17, 15) is 13.2 Å². The molecule has 16 heavy (non-hydrogen) atoms. The predicted molar refractivity (Wildman–Crippen MR) is 58.0 cm³/mol. The number of rotatable bonds is 1. The van der Waals surface area contributed by atoms with E-state index < -0.39 is 18.3 Å². The molecular weight excluding hydrogens is 285 g/mol. The molecule has 5 heteroatoms. The van der Waals surface area contributed by atoms with Crippen LogP contribution in [0.2, 0.25) is 0 Å².